The number of hydrogen-bond donors (Lipinski definition) is 2. The van der Waals surface area contributed by atoms with Gasteiger partial charge in [-0.3, -0.25) is 5.41 Å². The lowest BCUT2D eigenvalue weighted by Crippen LogP contribution is -2.15. The summed E-state index contributed by atoms with van der Waals surface area (Å²) in [4.78, 5) is 4.36. The number of amidine groups is 1. The molecule has 0 atom stereocenters. The minimum Gasteiger partial charge on any atom is -0.384 e. The zero-order chi connectivity index (χ0) is 15.1. The van der Waals surface area contributed by atoms with Crippen molar-refractivity contribution in [3.05, 3.63) is 53.2 Å². The minimum absolute atomic E-state index is 0.0910. The second-order valence-corrected chi connectivity index (χ2v) is 4.89. The first kappa shape index (κ1) is 13.2. The number of nitrogens with two attached hydrogens (primary N) is 1. The molecule has 0 saturated heterocycles. The first-order valence-electron chi connectivity index (χ1n) is 6.44. The van der Waals surface area contributed by atoms with Gasteiger partial charge in [-0.05, 0) is 43.2 Å². The molecule has 3 rings (SSSR count). The van der Waals surface area contributed by atoms with Crippen LogP contribution < -0.4 is 5.73 Å². The highest BCUT2D eigenvalue weighted by Gasteiger charge is 2.17. The van der Waals surface area contributed by atoms with Gasteiger partial charge < -0.3 is 5.73 Å². The van der Waals surface area contributed by atoms with Crippen molar-refractivity contribution >= 4 is 11.5 Å². The predicted molar refractivity (Wildman–Crippen MR) is 78.9 cm³/mol. The molecular weight excluding hydrogens is 269 g/mol. The van der Waals surface area contributed by atoms with E-state index in [2.05, 4.69) is 10.1 Å². The maximum absolute atomic E-state index is 13.1. The van der Waals surface area contributed by atoms with Gasteiger partial charge in [0.15, 0.2) is 5.65 Å². The lowest BCUT2D eigenvalue weighted by atomic mass is 9.99. The topological polar surface area (TPSA) is 80.1 Å². The van der Waals surface area contributed by atoms with Crippen molar-refractivity contribution in [2.24, 2.45) is 5.73 Å². The largest absolute Gasteiger partial charge is 0.384 e. The summed E-state index contributed by atoms with van der Waals surface area (Å²) in [5.74, 6) is 0.211. The molecule has 1 aromatic carbocycles. The molecule has 3 N–H and O–H groups in total. The minimum atomic E-state index is -0.306. The molecule has 0 amide bonds. The lowest BCUT2D eigenvalue weighted by Gasteiger charge is -2.11. The van der Waals surface area contributed by atoms with Gasteiger partial charge in [0.25, 0.3) is 0 Å². The number of aromatic nitrogens is 3. The maximum atomic E-state index is 13.1. The predicted octanol–water partition coefficient (Wildman–Crippen LogP) is 2.44. The summed E-state index contributed by atoms with van der Waals surface area (Å²) in [7, 11) is 0. The quantitative estimate of drug-likeness (QED) is 0.560. The Kier molecular flexibility index (Phi) is 2.94. The van der Waals surface area contributed by atoms with E-state index in [4.69, 9.17) is 11.1 Å². The van der Waals surface area contributed by atoms with Crippen molar-refractivity contribution < 1.29 is 4.39 Å². The Labute approximate surface area is 120 Å². The number of nitrogen functional groups attached to an aromatic ring is 1. The van der Waals surface area contributed by atoms with E-state index in [0.29, 0.717) is 17.0 Å². The van der Waals surface area contributed by atoms with Gasteiger partial charge in [-0.1, -0.05) is 12.1 Å². The van der Waals surface area contributed by atoms with Gasteiger partial charge in [0.1, 0.15) is 17.5 Å². The van der Waals surface area contributed by atoms with Gasteiger partial charge >= 0.3 is 0 Å². The highest BCUT2D eigenvalue weighted by atomic mass is 19.1. The van der Waals surface area contributed by atoms with Gasteiger partial charge in [0.05, 0.1) is 5.56 Å². The van der Waals surface area contributed by atoms with Crippen LogP contribution in [0.15, 0.2) is 30.3 Å². The fraction of sp³-hybridized carbons (Fsp3) is 0.133. The number of rotatable bonds is 2. The molecule has 0 aliphatic rings. The number of nitrogens with one attached hydrogen (secondary N) is 1. The van der Waals surface area contributed by atoms with E-state index in [1.807, 2.05) is 13.0 Å². The molecular formula is C15H14FN5. The van der Waals surface area contributed by atoms with Crippen LogP contribution in [0.2, 0.25) is 0 Å². The summed E-state index contributed by atoms with van der Waals surface area (Å²) in [5, 5.41) is 12.2. The maximum Gasteiger partial charge on any atom is 0.167 e. The van der Waals surface area contributed by atoms with E-state index in [1.165, 1.54) is 12.1 Å². The first-order valence-corrected chi connectivity index (χ1v) is 6.44. The van der Waals surface area contributed by atoms with Crippen molar-refractivity contribution in [3.8, 4) is 11.1 Å². The number of pyridine rings is 1. The Morgan fingerprint density at radius 3 is 2.52 bits per heavy atom. The second-order valence-electron chi connectivity index (χ2n) is 4.89. The number of hydrogen-bond acceptors (Lipinski definition) is 3. The average molecular weight is 283 g/mol. The van der Waals surface area contributed by atoms with Gasteiger partial charge in [-0.15, -0.1) is 0 Å². The molecule has 3 aromatic rings. The zero-order valence-corrected chi connectivity index (χ0v) is 11.7. The number of halogens is 1. The van der Waals surface area contributed by atoms with E-state index in [1.54, 1.807) is 23.6 Å². The van der Waals surface area contributed by atoms with E-state index in [0.717, 1.165) is 16.8 Å². The lowest BCUT2D eigenvalue weighted by molar-refractivity contribution is 0.628. The standard InChI is InChI=1S/C15H14FN5/c1-8-7-12(10-3-5-11(16)6-4-10)13(14(17)18)15-19-9(2)20-21(8)15/h3-7H,1-2H3,(H3,17,18). The number of benzene rings is 1. The number of aryl methyl sites for hydroxylation is 2. The molecule has 0 bridgehead atoms. The Morgan fingerprint density at radius 2 is 1.90 bits per heavy atom. The molecule has 21 heavy (non-hydrogen) atoms. The van der Waals surface area contributed by atoms with E-state index in [9.17, 15) is 4.39 Å². The number of fused-ring (bicyclic) bond motifs is 1. The first-order chi connectivity index (χ1) is 9.97. The monoisotopic (exact) mass is 283 g/mol. The molecule has 2 aromatic heterocycles. The van der Waals surface area contributed by atoms with E-state index < -0.39 is 0 Å². The molecule has 2 heterocycles. The molecule has 106 valence electrons. The molecule has 0 fully saturated rings. The highest BCUT2D eigenvalue weighted by Crippen LogP contribution is 2.28. The molecule has 0 aliphatic heterocycles. The third-order valence-corrected chi connectivity index (χ3v) is 3.32. The van der Waals surface area contributed by atoms with Gasteiger partial charge in [0.2, 0.25) is 0 Å². The fourth-order valence-corrected chi connectivity index (χ4v) is 2.41. The SMILES string of the molecule is Cc1nc2c(C(=N)N)c(-c3ccc(F)cc3)cc(C)n2n1. The van der Waals surface area contributed by atoms with Crippen LogP contribution in [0.3, 0.4) is 0 Å². The van der Waals surface area contributed by atoms with Gasteiger partial charge in [-0.25, -0.2) is 13.9 Å². The summed E-state index contributed by atoms with van der Waals surface area (Å²) < 4.78 is 14.8. The molecule has 0 spiro atoms. The third-order valence-electron chi connectivity index (χ3n) is 3.32. The average Bonchev–Trinajstić information content (AvgIpc) is 2.81. The second kappa shape index (κ2) is 4.66. The summed E-state index contributed by atoms with van der Waals surface area (Å²) in [6, 6.07) is 7.97. The normalized spacial score (nSPS) is 11.0. The summed E-state index contributed by atoms with van der Waals surface area (Å²) >= 11 is 0. The summed E-state index contributed by atoms with van der Waals surface area (Å²) in [6.07, 6.45) is 0. The van der Waals surface area contributed by atoms with Crippen molar-refractivity contribution in [2.75, 3.05) is 0 Å². The molecule has 0 saturated carbocycles. The molecule has 5 nitrogen and oxygen atoms in total. The van der Waals surface area contributed by atoms with Crippen molar-refractivity contribution in [3.63, 3.8) is 0 Å². The smallest absolute Gasteiger partial charge is 0.167 e. The van der Waals surface area contributed by atoms with Crippen LogP contribution in [-0.4, -0.2) is 20.4 Å². The van der Waals surface area contributed by atoms with Crippen LogP contribution in [0.25, 0.3) is 16.8 Å². The van der Waals surface area contributed by atoms with Crippen molar-refractivity contribution in [2.45, 2.75) is 13.8 Å². The van der Waals surface area contributed by atoms with E-state index >= 15 is 0 Å². The van der Waals surface area contributed by atoms with Crippen LogP contribution in [0.1, 0.15) is 17.1 Å². The van der Waals surface area contributed by atoms with Crippen molar-refractivity contribution in [1.82, 2.24) is 14.6 Å². The summed E-state index contributed by atoms with van der Waals surface area (Å²) in [5.41, 5.74) is 9.19. The van der Waals surface area contributed by atoms with Crippen LogP contribution in [-0.2, 0) is 0 Å². The van der Waals surface area contributed by atoms with Crippen LogP contribution >= 0.6 is 0 Å². The summed E-state index contributed by atoms with van der Waals surface area (Å²) in [6.45, 7) is 3.69. The molecule has 6 heteroatoms. The van der Waals surface area contributed by atoms with Crippen LogP contribution in [0.5, 0.6) is 0 Å². The van der Waals surface area contributed by atoms with E-state index in [-0.39, 0.29) is 11.7 Å². The molecule has 0 aliphatic carbocycles. The zero-order valence-electron chi connectivity index (χ0n) is 11.7. The Hall–Kier alpha value is -2.76. The fourth-order valence-electron chi connectivity index (χ4n) is 2.41. The van der Waals surface area contributed by atoms with Crippen molar-refractivity contribution in [1.29, 1.82) is 5.41 Å². The van der Waals surface area contributed by atoms with Crippen LogP contribution in [0, 0.1) is 25.1 Å². The van der Waals surface area contributed by atoms with Crippen LogP contribution in [0.4, 0.5) is 4.39 Å². The van der Waals surface area contributed by atoms with Gasteiger partial charge in [-0.2, -0.15) is 5.10 Å². The Balaban J connectivity index is 2.38. The highest BCUT2D eigenvalue weighted by molar-refractivity contribution is 6.06. The Bertz CT molecular complexity index is 849. The molecule has 0 radical (unpaired) electrons. The third kappa shape index (κ3) is 2.14. The van der Waals surface area contributed by atoms with Gasteiger partial charge in [0, 0.05) is 5.69 Å². The Morgan fingerprint density at radius 1 is 1.24 bits per heavy atom. The molecule has 0 unspecified atom stereocenters. The number of nitrogens with zero attached hydrogens (tertiary/aromatic N) is 3.